The van der Waals surface area contributed by atoms with Crippen molar-refractivity contribution in [3.05, 3.63) is 72.3 Å². The van der Waals surface area contributed by atoms with Crippen LogP contribution in [-0.4, -0.2) is 22.4 Å². The molecule has 1 saturated heterocycles. The number of benzene rings is 3. The van der Waals surface area contributed by atoms with Crippen LogP contribution in [0.2, 0.25) is 0 Å². The van der Waals surface area contributed by atoms with Crippen molar-refractivity contribution in [2.75, 3.05) is 9.80 Å². The molecule has 0 spiro atoms. The molecule has 3 aromatic rings. The molecule has 0 N–H and O–H groups in total. The van der Waals surface area contributed by atoms with Crippen molar-refractivity contribution in [2.24, 2.45) is 0 Å². The lowest BCUT2D eigenvalue weighted by Gasteiger charge is -2.26. The third-order valence-corrected chi connectivity index (χ3v) is 5.69. The molecule has 0 aromatic heterocycles. The molecule has 0 radical (unpaired) electrons. The first kappa shape index (κ1) is 18.3. The van der Waals surface area contributed by atoms with Crippen LogP contribution in [0.5, 0.6) is 0 Å². The van der Waals surface area contributed by atoms with Crippen molar-refractivity contribution in [2.45, 2.75) is 19.2 Å². The Labute approximate surface area is 166 Å². The predicted molar refractivity (Wildman–Crippen MR) is 113 cm³/mol. The molecule has 1 atom stereocenters. The molecule has 1 unspecified atom stereocenters. The van der Waals surface area contributed by atoms with E-state index >= 15 is 0 Å². The Hall–Kier alpha value is -3.12. The van der Waals surface area contributed by atoms with Crippen LogP contribution in [0, 0.1) is 6.92 Å². The summed E-state index contributed by atoms with van der Waals surface area (Å²) in [5.74, 6) is -0.705. The summed E-state index contributed by atoms with van der Waals surface area (Å²) >= 11 is 0.862. The number of thioether (sulfide) groups is 1. The van der Waals surface area contributed by atoms with Gasteiger partial charge in [0, 0.05) is 12.6 Å². The molecular formula is C22H18N2O3S. The van der Waals surface area contributed by atoms with Crippen molar-refractivity contribution < 1.29 is 14.4 Å². The van der Waals surface area contributed by atoms with Crippen LogP contribution in [0.25, 0.3) is 10.8 Å². The molecule has 4 rings (SSSR count). The van der Waals surface area contributed by atoms with Gasteiger partial charge < -0.3 is 0 Å². The normalized spacial score (nSPS) is 16.6. The first-order valence-corrected chi connectivity index (χ1v) is 9.73. The van der Waals surface area contributed by atoms with E-state index in [9.17, 15) is 14.4 Å². The van der Waals surface area contributed by atoms with Crippen molar-refractivity contribution in [3.63, 3.8) is 0 Å². The van der Waals surface area contributed by atoms with Gasteiger partial charge >= 0.3 is 0 Å². The van der Waals surface area contributed by atoms with Gasteiger partial charge in [0.2, 0.25) is 5.91 Å². The number of hydrogen-bond donors (Lipinski definition) is 0. The summed E-state index contributed by atoms with van der Waals surface area (Å²) in [6.07, 6.45) is 0. The monoisotopic (exact) mass is 390 g/mol. The van der Waals surface area contributed by atoms with E-state index in [2.05, 4.69) is 0 Å². The quantitative estimate of drug-likeness (QED) is 0.649. The van der Waals surface area contributed by atoms with Crippen LogP contribution in [0.1, 0.15) is 12.5 Å². The molecular weight excluding hydrogens is 372 g/mol. The van der Waals surface area contributed by atoms with Crippen molar-refractivity contribution in [3.8, 4) is 0 Å². The maximum absolute atomic E-state index is 13.1. The second kappa shape index (κ2) is 7.13. The lowest BCUT2D eigenvalue weighted by atomic mass is 10.1. The van der Waals surface area contributed by atoms with E-state index in [-0.39, 0.29) is 11.1 Å². The second-order valence-corrected chi connectivity index (χ2v) is 7.70. The summed E-state index contributed by atoms with van der Waals surface area (Å²) in [5.41, 5.74) is 2.06. The number of amides is 3. The highest BCUT2D eigenvalue weighted by molar-refractivity contribution is 8.16. The van der Waals surface area contributed by atoms with E-state index in [0.29, 0.717) is 11.4 Å². The van der Waals surface area contributed by atoms with Gasteiger partial charge in [0.25, 0.3) is 11.1 Å². The zero-order valence-electron chi connectivity index (χ0n) is 15.5. The number of nitrogens with zero attached hydrogens (tertiary/aromatic N) is 2. The molecule has 0 bridgehead atoms. The SMILES string of the molecule is CC(=O)N(c1ccc2ccccc2c1)C1SC(=O)N(c2cccc(C)c2)C1=O. The average Bonchev–Trinajstić information content (AvgIpc) is 2.95. The third kappa shape index (κ3) is 3.16. The highest BCUT2D eigenvalue weighted by Gasteiger charge is 2.45. The Morgan fingerprint density at radius 3 is 2.43 bits per heavy atom. The fraction of sp³-hybridized carbons (Fsp3) is 0.136. The van der Waals surface area contributed by atoms with Gasteiger partial charge in [-0.05, 0) is 59.3 Å². The number of carbonyl (C=O) groups excluding carboxylic acids is 3. The van der Waals surface area contributed by atoms with Crippen LogP contribution in [-0.2, 0) is 9.59 Å². The number of carbonyl (C=O) groups is 3. The van der Waals surface area contributed by atoms with E-state index in [1.165, 1.54) is 11.8 Å². The first-order valence-electron chi connectivity index (χ1n) is 8.85. The molecule has 1 aliphatic rings. The van der Waals surface area contributed by atoms with E-state index in [1.807, 2.05) is 49.4 Å². The minimum Gasteiger partial charge on any atom is -0.290 e. The number of hydrogen-bond acceptors (Lipinski definition) is 4. The summed E-state index contributed by atoms with van der Waals surface area (Å²) in [7, 11) is 0. The standard InChI is InChI=1S/C22H18N2O3S/c1-14-6-5-9-18(12-14)24-20(26)21(28-22(24)27)23(15(2)25)19-11-10-16-7-3-4-8-17(16)13-19/h3-13,21H,1-2H3. The Morgan fingerprint density at radius 2 is 1.71 bits per heavy atom. The van der Waals surface area contributed by atoms with E-state index in [1.54, 1.807) is 24.3 Å². The van der Waals surface area contributed by atoms with Crippen molar-refractivity contribution in [1.29, 1.82) is 0 Å². The summed E-state index contributed by atoms with van der Waals surface area (Å²) in [6.45, 7) is 3.30. The average molecular weight is 390 g/mol. The van der Waals surface area contributed by atoms with Crippen LogP contribution < -0.4 is 9.80 Å². The Kier molecular flexibility index (Phi) is 4.65. The van der Waals surface area contributed by atoms with Gasteiger partial charge in [-0.3, -0.25) is 19.3 Å². The lowest BCUT2D eigenvalue weighted by Crippen LogP contribution is -2.44. The van der Waals surface area contributed by atoms with E-state index < -0.39 is 11.3 Å². The molecule has 1 aliphatic heterocycles. The van der Waals surface area contributed by atoms with E-state index in [4.69, 9.17) is 0 Å². The lowest BCUT2D eigenvalue weighted by molar-refractivity contribution is -0.121. The van der Waals surface area contributed by atoms with E-state index in [0.717, 1.165) is 33.0 Å². The van der Waals surface area contributed by atoms with Crippen LogP contribution >= 0.6 is 11.8 Å². The fourth-order valence-electron chi connectivity index (χ4n) is 3.37. The zero-order chi connectivity index (χ0) is 19.8. The van der Waals surface area contributed by atoms with Gasteiger partial charge in [-0.2, -0.15) is 0 Å². The molecule has 28 heavy (non-hydrogen) atoms. The largest absolute Gasteiger partial charge is 0.295 e. The second-order valence-electron chi connectivity index (χ2n) is 6.67. The van der Waals surface area contributed by atoms with Crippen molar-refractivity contribution >= 4 is 51.0 Å². The van der Waals surface area contributed by atoms with Crippen molar-refractivity contribution in [1.82, 2.24) is 0 Å². The Balaban J connectivity index is 1.73. The molecule has 6 heteroatoms. The molecule has 0 saturated carbocycles. The maximum Gasteiger partial charge on any atom is 0.295 e. The highest BCUT2D eigenvalue weighted by Crippen LogP contribution is 2.36. The maximum atomic E-state index is 13.1. The van der Waals surface area contributed by atoms with Crippen LogP contribution in [0.4, 0.5) is 16.2 Å². The van der Waals surface area contributed by atoms with Gasteiger partial charge in [-0.25, -0.2) is 4.90 Å². The Morgan fingerprint density at radius 1 is 0.964 bits per heavy atom. The summed E-state index contributed by atoms with van der Waals surface area (Å²) in [5, 5.41) is 0.695. The molecule has 0 aliphatic carbocycles. The molecule has 140 valence electrons. The molecule has 1 fully saturated rings. The van der Waals surface area contributed by atoms with Gasteiger partial charge in [0.1, 0.15) is 0 Å². The fourth-order valence-corrected chi connectivity index (χ4v) is 4.44. The van der Waals surface area contributed by atoms with Gasteiger partial charge in [-0.1, -0.05) is 42.5 Å². The third-order valence-electron chi connectivity index (χ3n) is 4.67. The number of aryl methyl sites for hydroxylation is 1. The van der Waals surface area contributed by atoms with Crippen LogP contribution in [0.15, 0.2) is 66.7 Å². The minimum absolute atomic E-state index is 0.292. The first-order chi connectivity index (χ1) is 13.5. The van der Waals surface area contributed by atoms with Gasteiger partial charge in [0.05, 0.1) is 5.69 Å². The summed E-state index contributed by atoms with van der Waals surface area (Å²) in [6, 6.07) is 20.6. The van der Waals surface area contributed by atoms with Gasteiger partial charge in [0.15, 0.2) is 5.37 Å². The van der Waals surface area contributed by atoms with Crippen LogP contribution in [0.3, 0.4) is 0 Å². The molecule has 3 amide bonds. The number of anilines is 2. The topological polar surface area (TPSA) is 57.7 Å². The zero-order valence-corrected chi connectivity index (χ0v) is 16.3. The molecule has 5 nitrogen and oxygen atoms in total. The Bertz CT molecular complexity index is 1110. The number of fused-ring (bicyclic) bond motifs is 1. The highest BCUT2D eigenvalue weighted by atomic mass is 32.2. The predicted octanol–water partition coefficient (Wildman–Crippen LogP) is 4.73. The summed E-state index contributed by atoms with van der Waals surface area (Å²) < 4.78 is 0. The number of imide groups is 1. The molecule has 1 heterocycles. The smallest absolute Gasteiger partial charge is 0.290 e. The summed E-state index contributed by atoms with van der Waals surface area (Å²) in [4.78, 5) is 40.7. The van der Waals surface area contributed by atoms with Gasteiger partial charge in [-0.15, -0.1) is 0 Å². The molecule has 3 aromatic carbocycles. The minimum atomic E-state index is -0.924. The number of rotatable bonds is 3.